The normalized spacial score (nSPS) is 11.1. The molecule has 5 nitrogen and oxygen atoms in total. The monoisotopic (exact) mass is 351 g/mol. The number of hydrogen-bond acceptors (Lipinski definition) is 4. The van der Waals surface area contributed by atoms with Gasteiger partial charge in [-0.2, -0.15) is 0 Å². The maximum absolute atomic E-state index is 4.56. The van der Waals surface area contributed by atoms with Crippen molar-refractivity contribution in [3.05, 3.63) is 90.9 Å². The van der Waals surface area contributed by atoms with Crippen LogP contribution in [0.15, 0.2) is 85.3 Å². The maximum atomic E-state index is 4.56. The fraction of sp³-hybridized carbons (Fsp3) is 0.0455. The maximum Gasteiger partial charge on any atom is 0.227 e. The van der Waals surface area contributed by atoms with Crippen LogP contribution in [-0.2, 0) is 6.54 Å². The van der Waals surface area contributed by atoms with Crippen molar-refractivity contribution in [2.75, 3.05) is 5.32 Å². The van der Waals surface area contributed by atoms with E-state index in [-0.39, 0.29) is 0 Å². The number of benzene rings is 3. The molecule has 5 heteroatoms. The van der Waals surface area contributed by atoms with Gasteiger partial charge in [-0.1, -0.05) is 48.5 Å². The number of aromatic nitrogens is 4. The van der Waals surface area contributed by atoms with Crippen LogP contribution in [0, 0.1) is 0 Å². The fourth-order valence-electron chi connectivity index (χ4n) is 3.21. The van der Waals surface area contributed by atoms with E-state index < -0.39 is 0 Å². The summed E-state index contributed by atoms with van der Waals surface area (Å²) < 4.78 is 2.15. The third-order valence-electron chi connectivity index (χ3n) is 4.56. The Hall–Kier alpha value is -3.73. The topological polar surface area (TPSA) is 55.6 Å². The molecule has 130 valence electrons. The number of rotatable bonds is 4. The van der Waals surface area contributed by atoms with Crippen molar-refractivity contribution in [2.24, 2.45) is 0 Å². The molecule has 0 aliphatic carbocycles. The van der Waals surface area contributed by atoms with Crippen LogP contribution in [0.4, 0.5) is 11.6 Å². The number of hydrogen-bond donors (Lipinski definition) is 1. The Morgan fingerprint density at radius 3 is 2.59 bits per heavy atom. The van der Waals surface area contributed by atoms with E-state index in [1.165, 1.54) is 5.56 Å². The smallest absolute Gasteiger partial charge is 0.227 e. The van der Waals surface area contributed by atoms with E-state index in [0.29, 0.717) is 5.95 Å². The molecule has 5 rings (SSSR count). The van der Waals surface area contributed by atoms with E-state index in [2.05, 4.69) is 55.2 Å². The third kappa shape index (κ3) is 3.11. The molecule has 2 heterocycles. The molecule has 0 saturated heterocycles. The summed E-state index contributed by atoms with van der Waals surface area (Å²) in [7, 11) is 0. The van der Waals surface area contributed by atoms with E-state index in [9.17, 15) is 0 Å². The van der Waals surface area contributed by atoms with Crippen LogP contribution in [0.25, 0.3) is 21.9 Å². The van der Waals surface area contributed by atoms with Crippen molar-refractivity contribution in [1.29, 1.82) is 0 Å². The molecule has 5 aromatic rings. The molecule has 3 aromatic carbocycles. The van der Waals surface area contributed by atoms with Crippen LogP contribution in [0.1, 0.15) is 5.56 Å². The quantitative estimate of drug-likeness (QED) is 0.507. The third-order valence-corrected chi connectivity index (χ3v) is 4.56. The first-order chi connectivity index (χ1) is 13.3. The minimum Gasteiger partial charge on any atom is -0.326 e. The fourth-order valence-corrected chi connectivity index (χ4v) is 3.21. The second-order valence-electron chi connectivity index (χ2n) is 6.44. The highest BCUT2D eigenvalue weighted by atomic mass is 15.1. The molecule has 0 unspecified atom stereocenters. The summed E-state index contributed by atoms with van der Waals surface area (Å²) in [6, 6.07) is 24.5. The zero-order valence-corrected chi connectivity index (χ0v) is 14.6. The van der Waals surface area contributed by atoms with Crippen molar-refractivity contribution >= 4 is 33.6 Å². The first kappa shape index (κ1) is 15.5. The first-order valence-electron chi connectivity index (χ1n) is 8.83. The van der Waals surface area contributed by atoms with Crippen LogP contribution in [0.3, 0.4) is 0 Å². The predicted octanol–water partition coefficient (Wildman–Crippen LogP) is 4.77. The molecule has 0 spiro atoms. The Balaban J connectivity index is 1.42. The molecule has 1 N–H and O–H groups in total. The lowest BCUT2D eigenvalue weighted by Crippen LogP contribution is -1.98. The minimum atomic E-state index is 0.580. The van der Waals surface area contributed by atoms with Gasteiger partial charge in [0.05, 0.1) is 22.9 Å². The molecule has 0 aliphatic heterocycles. The highest BCUT2D eigenvalue weighted by Crippen LogP contribution is 2.22. The van der Waals surface area contributed by atoms with E-state index >= 15 is 0 Å². The molecule has 0 saturated carbocycles. The Morgan fingerprint density at radius 1 is 0.815 bits per heavy atom. The van der Waals surface area contributed by atoms with Gasteiger partial charge in [0.25, 0.3) is 0 Å². The summed E-state index contributed by atoms with van der Waals surface area (Å²) in [5.41, 5.74) is 5.13. The largest absolute Gasteiger partial charge is 0.326 e. The lowest BCUT2D eigenvalue weighted by Gasteiger charge is -2.07. The Bertz CT molecular complexity index is 1230. The van der Waals surface area contributed by atoms with Gasteiger partial charge in [0.15, 0.2) is 0 Å². The summed E-state index contributed by atoms with van der Waals surface area (Å²) in [6.07, 6.45) is 3.71. The van der Waals surface area contributed by atoms with Crippen LogP contribution in [0.2, 0.25) is 0 Å². The van der Waals surface area contributed by atoms with Gasteiger partial charge in [0, 0.05) is 23.8 Å². The SMILES string of the molecule is c1ccc(Cn2cnc3cc(Nc4ncc5ccccc5n4)ccc32)cc1. The first-order valence-corrected chi connectivity index (χ1v) is 8.83. The summed E-state index contributed by atoms with van der Waals surface area (Å²) >= 11 is 0. The lowest BCUT2D eigenvalue weighted by atomic mass is 10.2. The van der Waals surface area contributed by atoms with E-state index in [0.717, 1.165) is 34.2 Å². The zero-order valence-electron chi connectivity index (χ0n) is 14.6. The summed E-state index contributed by atoms with van der Waals surface area (Å²) in [6.45, 7) is 0.803. The number of anilines is 2. The molecule has 0 bridgehead atoms. The number of fused-ring (bicyclic) bond motifs is 2. The van der Waals surface area contributed by atoms with Gasteiger partial charge >= 0.3 is 0 Å². The molecule has 0 fully saturated rings. The molecular formula is C22H17N5. The highest BCUT2D eigenvalue weighted by Gasteiger charge is 2.06. The van der Waals surface area contributed by atoms with Gasteiger partial charge in [0.1, 0.15) is 0 Å². The number of nitrogens with one attached hydrogen (secondary N) is 1. The van der Waals surface area contributed by atoms with Crippen molar-refractivity contribution in [3.8, 4) is 0 Å². The standard InChI is InChI=1S/C22H17N5/c1-2-6-16(7-3-1)14-27-15-24-20-12-18(10-11-21(20)27)25-22-23-13-17-8-4-5-9-19(17)26-22/h1-13,15H,14H2,(H,23,25,26). The van der Waals surface area contributed by atoms with Gasteiger partial charge in [-0.3, -0.25) is 0 Å². The van der Waals surface area contributed by atoms with Crippen molar-refractivity contribution in [1.82, 2.24) is 19.5 Å². The minimum absolute atomic E-state index is 0.580. The number of nitrogens with zero attached hydrogens (tertiary/aromatic N) is 4. The van der Waals surface area contributed by atoms with Crippen molar-refractivity contribution in [3.63, 3.8) is 0 Å². The highest BCUT2D eigenvalue weighted by molar-refractivity contribution is 5.82. The average Bonchev–Trinajstić information content (AvgIpc) is 3.11. The second-order valence-corrected chi connectivity index (χ2v) is 6.44. The molecule has 27 heavy (non-hydrogen) atoms. The number of imidazole rings is 1. The Morgan fingerprint density at radius 2 is 1.67 bits per heavy atom. The van der Waals surface area contributed by atoms with Gasteiger partial charge < -0.3 is 9.88 Å². The predicted molar refractivity (Wildman–Crippen MR) is 108 cm³/mol. The van der Waals surface area contributed by atoms with E-state index in [1.54, 1.807) is 0 Å². The van der Waals surface area contributed by atoms with E-state index in [1.807, 2.05) is 55.0 Å². The molecular weight excluding hydrogens is 334 g/mol. The van der Waals surface area contributed by atoms with Crippen molar-refractivity contribution in [2.45, 2.75) is 6.54 Å². The molecule has 0 amide bonds. The van der Waals surface area contributed by atoms with Crippen LogP contribution >= 0.6 is 0 Å². The molecule has 2 aromatic heterocycles. The number of para-hydroxylation sites is 1. The van der Waals surface area contributed by atoms with Crippen LogP contribution < -0.4 is 5.32 Å². The lowest BCUT2D eigenvalue weighted by molar-refractivity contribution is 0.824. The van der Waals surface area contributed by atoms with Crippen LogP contribution in [0.5, 0.6) is 0 Å². The van der Waals surface area contributed by atoms with Crippen molar-refractivity contribution < 1.29 is 0 Å². The zero-order chi connectivity index (χ0) is 18.1. The van der Waals surface area contributed by atoms with Gasteiger partial charge in [-0.05, 0) is 29.8 Å². The Labute approximate surface area is 156 Å². The van der Waals surface area contributed by atoms with Gasteiger partial charge in [0.2, 0.25) is 5.95 Å². The molecule has 0 radical (unpaired) electrons. The molecule has 0 atom stereocenters. The summed E-state index contributed by atoms with van der Waals surface area (Å²) in [5, 5.41) is 4.30. The Kier molecular flexibility index (Phi) is 3.76. The molecule has 0 aliphatic rings. The van der Waals surface area contributed by atoms with Gasteiger partial charge in [-0.25, -0.2) is 15.0 Å². The van der Waals surface area contributed by atoms with E-state index in [4.69, 9.17) is 0 Å². The van der Waals surface area contributed by atoms with Crippen LogP contribution in [-0.4, -0.2) is 19.5 Å². The van der Waals surface area contributed by atoms with Gasteiger partial charge in [-0.15, -0.1) is 0 Å². The summed E-state index contributed by atoms with van der Waals surface area (Å²) in [5.74, 6) is 0.580. The second kappa shape index (κ2) is 6.53. The summed E-state index contributed by atoms with van der Waals surface area (Å²) in [4.78, 5) is 13.5. The average molecular weight is 351 g/mol.